The van der Waals surface area contributed by atoms with E-state index in [1.54, 1.807) is 11.4 Å². The first-order chi connectivity index (χ1) is 11.1. The summed E-state index contributed by atoms with van der Waals surface area (Å²) < 4.78 is 17.9. The zero-order valence-corrected chi connectivity index (χ0v) is 17.0. The first-order valence-electron chi connectivity index (χ1n) is 8.10. The summed E-state index contributed by atoms with van der Waals surface area (Å²) in [6.07, 6.45) is 1.84. The second kappa shape index (κ2) is 11.4. The normalized spacial score (nSPS) is 14.1. The molecular formula is C17H29N2OPS2. The van der Waals surface area contributed by atoms with Crippen LogP contribution >= 0.6 is 29.8 Å². The molecule has 0 fully saturated rings. The van der Waals surface area contributed by atoms with Crippen molar-refractivity contribution in [3.05, 3.63) is 48.6 Å². The molecule has 0 saturated heterocycles. The van der Waals surface area contributed by atoms with Gasteiger partial charge in [-0.1, -0.05) is 68.6 Å². The predicted octanol–water partition coefficient (Wildman–Crippen LogP) is 5.57. The van der Waals surface area contributed by atoms with E-state index in [-0.39, 0.29) is 0 Å². The molecular weight excluding hydrogens is 343 g/mol. The van der Waals surface area contributed by atoms with Crippen LogP contribution in [0.1, 0.15) is 26.3 Å². The summed E-state index contributed by atoms with van der Waals surface area (Å²) in [4.78, 5) is 0. The Morgan fingerprint density at radius 3 is 2.30 bits per heavy atom. The number of likely N-dealkylation sites (N-methyl/N-ethyl adjacent to an activating group) is 1. The zero-order valence-electron chi connectivity index (χ0n) is 14.5. The smallest absolute Gasteiger partial charge is 0.272 e. The van der Waals surface area contributed by atoms with Gasteiger partial charge in [-0.15, -0.1) is 18.3 Å². The highest BCUT2D eigenvalue weighted by Gasteiger charge is 2.35. The Morgan fingerprint density at radius 2 is 1.78 bits per heavy atom. The van der Waals surface area contributed by atoms with E-state index >= 15 is 0 Å². The molecule has 1 aromatic rings. The minimum atomic E-state index is -2.59. The van der Waals surface area contributed by atoms with Gasteiger partial charge in [0.25, 0.3) is 6.65 Å². The van der Waals surface area contributed by atoms with Crippen molar-refractivity contribution in [3.8, 4) is 0 Å². The maximum atomic E-state index is 13.7. The van der Waals surface area contributed by atoms with Crippen LogP contribution in [0.2, 0.25) is 0 Å². The van der Waals surface area contributed by atoms with Crippen LogP contribution in [-0.4, -0.2) is 40.6 Å². The zero-order chi connectivity index (χ0) is 17.1. The van der Waals surface area contributed by atoms with E-state index in [2.05, 4.69) is 61.0 Å². The molecule has 0 spiro atoms. The molecule has 0 saturated carbocycles. The van der Waals surface area contributed by atoms with Gasteiger partial charge in [0.05, 0.1) is 5.88 Å². The van der Waals surface area contributed by atoms with E-state index in [0.717, 1.165) is 30.5 Å². The lowest BCUT2D eigenvalue weighted by atomic mass is 10.2. The van der Waals surface area contributed by atoms with Crippen LogP contribution in [0.25, 0.3) is 0 Å². The Balaban J connectivity index is 2.76. The van der Waals surface area contributed by atoms with Crippen LogP contribution in [0.15, 0.2) is 43.0 Å². The molecule has 0 aliphatic rings. The largest absolute Gasteiger partial charge is 0.276 e. The van der Waals surface area contributed by atoms with Crippen molar-refractivity contribution in [2.75, 3.05) is 31.3 Å². The molecule has 1 atom stereocenters. The quantitative estimate of drug-likeness (QED) is 0.271. The molecule has 1 aromatic carbocycles. The number of nitrogens with zero attached hydrogens (tertiary/aromatic N) is 2. The summed E-state index contributed by atoms with van der Waals surface area (Å²) in [5, 5.41) is 0. The molecule has 1 rings (SSSR count). The average Bonchev–Trinajstić information content (AvgIpc) is 2.57. The average molecular weight is 373 g/mol. The molecule has 3 nitrogen and oxygen atoms in total. The molecule has 0 radical (unpaired) electrons. The van der Waals surface area contributed by atoms with Gasteiger partial charge in [0, 0.05) is 25.4 Å². The molecule has 23 heavy (non-hydrogen) atoms. The molecule has 0 amide bonds. The lowest BCUT2D eigenvalue weighted by molar-refractivity contribution is 0.400. The maximum Gasteiger partial charge on any atom is 0.272 e. The van der Waals surface area contributed by atoms with Crippen LogP contribution in [-0.2, 0) is 10.3 Å². The van der Waals surface area contributed by atoms with E-state index in [4.69, 9.17) is 0 Å². The monoisotopic (exact) mass is 372 g/mol. The van der Waals surface area contributed by atoms with Gasteiger partial charge in [-0.25, -0.2) is 9.34 Å². The van der Waals surface area contributed by atoms with Crippen LogP contribution < -0.4 is 0 Å². The van der Waals surface area contributed by atoms with Gasteiger partial charge in [0.2, 0.25) is 0 Å². The van der Waals surface area contributed by atoms with E-state index < -0.39 is 6.65 Å². The lowest BCUT2D eigenvalue weighted by Gasteiger charge is -2.37. The van der Waals surface area contributed by atoms with Crippen LogP contribution in [0, 0.1) is 0 Å². The van der Waals surface area contributed by atoms with E-state index in [0.29, 0.717) is 6.54 Å². The van der Waals surface area contributed by atoms with E-state index in [1.165, 1.54) is 5.56 Å². The maximum absolute atomic E-state index is 13.7. The van der Waals surface area contributed by atoms with Crippen LogP contribution in [0.3, 0.4) is 0 Å². The Morgan fingerprint density at radius 1 is 1.13 bits per heavy atom. The molecule has 130 valence electrons. The van der Waals surface area contributed by atoms with Crippen LogP contribution in [0.4, 0.5) is 0 Å². The minimum Gasteiger partial charge on any atom is -0.276 e. The Hall–Kier alpha value is -0.190. The Kier molecular flexibility index (Phi) is 10.3. The van der Waals surface area contributed by atoms with Crippen molar-refractivity contribution >= 4 is 29.8 Å². The molecule has 1 unspecified atom stereocenters. The second-order valence-electron chi connectivity index (χ2n) is 4.99. The lowest BCUT2D eigenvalue weighted by Crippen LogP contribution is -2.30. The van der Waals surface area contributed by atoms with Gasteiger partial charge >= 0.3 is 0 Å². The molecule has 0 heterocycles. The highest BCUT2D eigenvalue weighted by molar-refractivity contribution is 8.56. The fraction of sp³-hybridized carbons (Fsp3) is 0.529. The van der Waals surface area contributed by atoms with Gasteiger partial charge in [0.1, 0.15) is 0 Å². The van der Waals surface area contributed by atoms with E-state index in [1.807, 2.05) is 23.9 Å². The molecule has 0 aliphatic heterocycles. The van der Waals surface area contributed by atoms with Gasteiger partial charge in [-0.05, 0) is 11.3 Å². The highest BCUT2D eigenvalue weighted by atomic mass is 32.7. The van der Waals surface area contributed by atoms with Crippen molar-refractivity contribution in [2.45, 2.75) is 26.5 Å². The van der Waals surface area contributed by atoms with Crippen molar-refractivity contribution in [2.24, 2.45) is 0 Å². The summed E-state index contributed by atoms with van der Waals surface area (Å²) in [6, 6.07) is 10.4. The van der Waals surface area contributed by atoms with Gasteiger partial charge in [-0.3, -0.25) is 4.57 Å². The third-order valence-corrected chi connectivity index (χ3v) is 10.7. The summed E-state index contributed by atoms with van der Waals surface area (Å²) in [5.41, 5.74) is 1.31. The topological polar surface area (TPSA) is 23.6 Å². The van der Waals surface area contributed by atoms with Gasteiger partial charge in [0.15, 0.2) is 0 Å². The van der Waals surface area contributed by atoms with E-state index in [9.17, 15) is 4.57 Å². The number of thioether (sulfide) groups is 1. The minimum absolute atomic E-state index is 0.667. The Labute approximate surface area is 150 Å². The SMILES string of the molecule is C=CCN(CC)P(=O)(SCC)N(CC)CSCc1ccccc1. The van der Waals surface area contributed by atoms with Crippen LogP contribution in [0.5, 0.6) is 0 Å². The van der Waals surface area contributed by atoms with Crippen molar-refractivity contribution < 1.29 is 4.57 Å². The van der Waals surface area contributed by atoms with Gasteiger partial charge < -0.3 is 0 Å². The third kappa shape index (κ3) is 6.32. The fourth-order valence-corrected chi connectivity index (χ4v) is 9.36. The number of hydrogen-bond donors (Lipinski definition) is 0. The summed E-state index contributed by atoms with van der Waals surface area (Å²) in [6.45, 7) is 9.69. The molecule has 0 aromatic heterocycles. The van der Waals surface area contributed by atoms with Crippen molar-refractivity contribution in [1.82, 2.24) is 9.34 Å². The van der Waals surface area contributed by atoms with Gasteiger partial charge in [-0.2, -0.15) is 0 Å². The molecule has 6 heteroatoms. The Bertz CT molecular complexity index is 499. The molecule has 0 N–H and O–H groups in total. The van der Waals surface area contributed by atoms with Crippen molar-refractivity contribution in [3.63, 3.8) is 0 Å². The fourth-order valence-electron chi connectivity index (χ4n) is 2.26. The molecule has 0 aliphatic carbocycles. The number of rotatable bonds is 12. The highest BCUT2D eigenvalue weighted by Crippen LogP contribution is 2.64. The van der Waals surface area contributed by atoms with Crippen molar-refractivity contribution in [1.29, 1.82) is 0 Å². The first-order valence-corrected chi connectivity index (χ1v) is 12.5. The third-order valence-electron chi connectivity index (χ3n) is 3.43. The predicted molar refractivity (Wildman–Crippen MR) is 108 cm³/mol. The number of hydrogen-bond acceptors (Lipinski definition) is 3. The molecule has 0 bridgehead atoms. The number of benzene rings is 1. The standard InChI is InChI=1S/C17H29N2OPS2/c1-5-14-18(6-2)21(20,23-8-4)19(7-3)16-22-15-17-12-10-9-11-13-17/h5,9-13H,1,6-8,14-16H2,2-4H3. The summed E-state index contributed by atoms with van der Waals surface area (Å²) >= 11 is 3.40. The summed E-state index contributed by atoms with van der Waals surface area (Å²) in [5.74, 6) is 2.58. The summed E-state index contributed by atoms with van der Waals surface area (Å²) in [7, 11) is 0. The second-order valence-corrected chi connectivity index (χ2v) is 11.1. The first kappa shape index (κ1) is 20.9.